The van der Waals surface area contributed by atoms with Gasteiger partial charge in [-0.05, 0) is 22.8 Å². The molecule has 7 nitrogen and oxygen atoms in total. The lowest BCUT2D eigenvalue weighted by Crippen LogP contribution is -2.64. The van der Waals surface area contributed by atoms with Gasteiger partial charge in [0, 0.05) is 19.0 Å². The minimum Gasteiger partial charge on any atom is -0.468 e. The van der Waals surface area contributed by atoms with E-state index in [4.69, 9.17) is 4.74 Å². The summed E-state index contributed by atoms with van der Waals surface area (Å²) in [7, 11) is 1.28. The first-order chi connectivity index (χ1) is 13.4. The van der Waals surface area contributed by atoms with Crippen LogP contribution in [0.1, 0.15) is 18.4 Å². The molecule has 4 N–H and O–H groups in total. The molecule has 0 aromatic heterocycles. The zero-order chi connectivity index (χ0) is 20.1. The second kappa shape index (κ2) is 7.09. The number of hydrogen-bond donors (Lipinski definition) is 4. The van der Waals surface area contributed by atoms with E-state index < -0.39 is 42.0 Å². The smallest absolute Gasteiger partial charge is 0.323 e. The first kappa shape index (κ1) is 19.3. The lowest BCUT2D eigenvalue weighted by Gasteiger charge is -2.45. The molecular formula is C21H25NO6. The second-order valence-electron chi connectivity index (χ2n) is 7.80. The number of rotatable bonds is 3. The lowest BCUT2D eigenvalue weighted by atomic mass is 9.75. The predicted octanol–water partition coefficient (Wildman–Crippen LogP) is 0.173. The highest BCUT2D eigenvalue weighted by Crippen LogP contribution is 2.44. The van der Waals surface area contributed by atoms with Gasteiger partial charge in [-0.1, -0.05) is 42.5 Å². The summed E-state index contributed by atoms with van der Waals surface area (Å²) >= 11 is 0. The maximum atomic E-state index is 12.5. The molecular weight excluding hydrogens is 362 g/mol. The summed E-state index contributed by atoms with van der Waals surface area (Å²) < 4.78 is 4.93. The molecule has 0 bridgehead atoms. The largest absolute Gasteiger partial charge is 0.468 e. The molecule has 1 heterocycles. The summed E-state index contributed by atoms with van der Waals surface area (Å²) in [6, 6.07) is 12.3. The van der Waals surface area contributed by atoms with E-state index in [2.05, 4.69) is 0 Å². The van der Waals surface area contributed by atoms with Gasteiger partial charge in [0.05, 0.1) is 13.2 Å². The summed E-state index contributed by atoms with van der Waals surface area (Å²) in [5, 5.41) is 44.0. The van der Waals surface area contributed by atoms with Gasteiger partial charge >= 0.3 is 5.97 Å². The van der Waals surface area contributed by atoms with Gasteiger partial charge in [-0.25, -0.2) is 0 Å². The zero-order valence-corrected chi connectivity index (χ0v) is 15.6. The van der Waals surface area contributed by atoms with Gasteiger partial charge in [0.25, 0.3) is 0 Å². The minimum atomic E-state index is -1.71. The van der Waals surface area contributed by atoms with Crippen LogP contribution in [0, 0.1) is 0 Å². The van der Waals surface area contributed by atoms with Gasteiger partial charge in [-0.15, -0.1) is 0 Å². The Kier molecular flexibility index (Phi) is 4.89. The van der Waals surface area contributed by atoms with Crippen LogP contribution in [0.5, 0.6) is 0 Å². The number of esters is 1. The molecule has 6 atom stereocenters. The van der Waals surface area contributed by atoms with E-state index >= 15 is 0 Å². The second-order valence-corrected chi connectivity index (χ2v) is 7.80. The van der Waals surface area contributed by atoms with Gasteiger partial charge in [-0.2, -0.15) is 0 Å². The van der Waals surface area contributed by atoms with Crippen LogP contribution in [0.15, 0.2) is 42.5 Å². The van der Waals surface area contributed by atoms with Gasteiger partial charge in [0.15, 0.2) is 0 Å². The molecule has 2 aromatic rings. The number of benzene rings is 2. The first-order valence-electron chi connectivity index (χ1n) is 9.43. The van der Waals surface area contributed by atoms with E-state index in [0.717, 1.165) is 16.3 Å². The molecule has 150 valence electrons. The number of methoxy groups -OCH3 is 1. The van der Waals surface area contributed by atoms with Crippen LogP contribution in [0.25, 0.3) is 10.8 Å². The molecule has 2 aliphatic rings. The van der Waals surface area contributed by atoms with Gasteiger partial charge in [0.2, 0.25) is 0 Å². The summed E-state index contributed by atoms with van der Waals surface area (Å²) in [5.41, 5.74) is -0.742. The summed E-state index contributed by atoms with van der Waals surface area (Å²) in [5.74, 6) is -0.515. The summed E-state index contributed by atoms with van der Waals surface area (Å²) in [6.45, 7) is 0.337. The molecule has 1 aliphatic carbocycles. The fourth-order valence-electron chi connectivity index (χ4n) is 4.80. The molecule has 4 rings (SSSR count). The molecule has 1 saturated heterocycles. The summed E-state index contributed by atoms with van der Waals surface area (Å²) in [6.07, 6.45) is -4.22. The van der Waals surface area contributed by atoms with Crippen molar-refractivity contribution in [2.45, 2.75) is 55.4 Å². The number of nitrogens with zero attached hydrogens (tertiary/aromatic N) is 1. The highest BCUT2D eigenvalue weighted by Gasteiger charge is 2.62. The molecule has 2 fully saturated rings. The van der Waals surface area contributed by atoms with E-state index in [1.165, 1.54) is 7.11 Å². The maximum Gasteiger partial charge on any atom is 0.323 e. The van der Waals surface area contributed by atoms with Crippen molar-refractivity contribution in [3.8, 4) is 0 Å². The van der Waals surface area contributed by atoms with Crippen molar-refractivity contribution in [3.63, 3.8) is 0 Å². The SMILES string of the molecule is COC(=O)[C@@H]1C[C@@]2(O)[C@@H](O)[C@@H](O)[C@H](O)C[C@H]2N1Cc1cccc2ccccc12. The molecule has 28 heavy (non-hydrogen) atoms. The Morgan fingerprint density at radius 2 is 1.89 bits per heavy atom. The molecule has 0 unspecified atom stereocenters. The Bertz CT molecular complexity index is 883. The van der Waals surface area contributed by atoms with E-state index in [9.17, 15) is 25.2 Å². The average Bonchev–Trinajstić information content (AvgIpc) is 2.99. The van der Waals surface area contributed by atoms with Crippen molar-refractivity contribution in [3.05, 3.63) is 48.0 Å². The third kappa shape index (κ3) is 2.91. The van der Waals surface area contributed by atoms with Crippen LogP contribution >= 0.6 is 0 Å². The third-order valence-corrected chi connectivity index (χ3v) is 6.30. The number of ether oxygens (including phenoxy) is 1. The number of aliphatic hydroxyl groups is 4. The summed E-state index contributed by atoms with van der Waals surface area (Å²) in [4.78, 5) is 14.2. The number of fused-ring (bicyclic) bond motifs is 2. The van der Waals surface area contributed by atoms with Crippen molar-refractivity contribution in [1.29, 1.82) is 0 Å². The van der Waals surface area contributed by atoms with Gasteiger partial charge in [0.1, 0.15) is 23.9 Å². The third-order valence-electron chi connectivity index (χ3n) is 6.30. The highest BCUT2D eigenvalue weighted by molar-refractivity contribution is 5.85. The van der Waals surface area contributed by atoms with Crippen molar-refractivity contribution in [1.82, 2.24) is 4.90 Å². The fourth-order valence-corrected chi connectivity index (χ4v) is 4.80. The Labute approximate surface area is 162 Å². The van der Waals surface area contributed by atoms with Crippen LogP contribution in [-0.4, -0.2) is 74.4 Å². The Balaban J connectivity index is 1.75. The first-order valence-corrected chi connectivity index (χ1v) is 9.43. The zero-order valence-electron chi connectivity index (χ0n) is 15.6. The number of carbonyl (C=O) groups is 1. The van der Waals surface area contributed by atoms with E-state index in [0.29, 0.717) is 6.54 Å². The molecule has 0 amide bonds. The van der Waals surface area contributed by atoms with Crippen molar-refractivity contribution in [2.75, 3.05) is 7.11 Å². The topological polar surface area (TPSA) is 110 Å². The Hall–Kier alpha value is -2.03. The quantitative estimate of drug-likeness (QED) is 0.556. The van der Waals surface area contributed by atoms with Crippen LogP contribution in [-0.2, 0) is 16.1 Å². The number of carbonyl (C=O) groups excluding carboxylic acids is 1. The molecule has 2 aromatic carbocycles. The van der Waals surface area contributed by atoms with Gasteiger partial charge in [-0.3, -0.25) is 9.69 Å². The van der Waals surface area contributed by atoms with E-state index in [-0.39, 0.29) is 12.8 Å². The Morgan fingerprint density at radius 1 is 1.18 bits per heavy atom. The maximum absolute atomic E-state index is 12.5. The number of likely N-dealkylation sites (tertiary alicyclic amines) is 1. The minimum absolute atomic E-state index is 0.0486. The number of aliphatic hydroxyl groups excluding tert-OH is 3. The lowest BCUT2D eigenvalue weighted by molar-refractivity contribution is -0.197. The van der Waals surface area contributed by atoms with Crippen LogP contribution in [0.2, 0.25) is 0 Å². The van der Waals surface area contributed by atoms with Crippen molar-refractivity contribution >= 4 is 16.7 Å². The fraction of sp³-hybridized carbons (Fsp3) is 0.476. The molecule has 7 heteroatoms. The molecule has 0 radical (unpaired) electrons. The number of hydrogen-bond acceptors (Lipinski definition) is 7. The van der Waals surface area contributed by atoms with Crippen LogP contribution in [0.3, 0.4) is 0 Å². The normalized spacial score (nSPS) is 35.7. The van der Waals surface area contributed by atoms with Crippen molar-refractivity contribution in [2.24, 2.45) is 0 Å². The van der Waals surface area contributed by atoms with E-state index in [1.807, 2.05) is 42.5 Å². The Morgan fingerprint density at radius 3 is 2.64 bits per heavy atom. The van der Waals surface area contributed by atoms with Gasteiger partial charge < -0.3 is 25.2 Å². The predicted molar refractivity (Wildman–Crippen MR) is 101 cm³/mol. The monoisotopic (exact) mass is 387 g/mol. The standard InChI is InChI=1S/C21H25NO6/c1-28-20(26)15-10-21(27)17(9-16(23)18(24)19(21)25)22(15)11-13-7-4-6-12-5-2-3-8-14(12)13/h2-8,15-19,23-25,27H,9-11H2,1H3/t15-,16+,17+,18-,19-,21-/m0/s1. The molecule has 1 aliphatic heterocycles. The average molecular weight is 387 g/mol. The molecule has 0 spiro atoms. The van der Waals surface area contributed by atoms with Crippen LogP contribution in [0.4, 0.5) is 0 Å². The molecule has 1 saturated carbocycles. The highest BCUT2D eigenvalue weighted by atomic mass is 16.5. The van der Waals surface area contributed by atoms with Crippen LogP contribution < -0.4 is 0 Å². The van der Waals surface area contributed by atoms with Crippen molar-refractivity contribution < 1.29 is 30.0 Å². The van der Waals surface area contributed by atoms with E-state index in [1.54, 1.807) is 4.90 Å².